The molecule has 280 valence electrons. The number of nitrogens with zero attached hydrogens (tertiary/aromatic N) is 8. The molecule has 0 radical (unpaired) electrons. The Morgan fingerprint density at radius 3 is 1.35 bits per heavy atom. The molecule has 9 rings (SSSR count). The molecule has 0 unspecified atom stereocenters. The molecular weight excluding hydrogens is 709 g/mol. The van der Waals surface area contributed by atoms with E-state index in [2.05, 4.69) is 34.9 Å². The molecular formula is C47H40N8O2. The number of ketones is 2. The maximum atomic E-state index is 11.8. The Labute approximate surface area is 331 Å². The van der Waals surface area contributed by atoms with E-state index in [0.717, 1.165) is 21.9 Å². The molecule has 0 N–H and O–H groups in total. The first-order valence-corrected chi connectivity index (χ1v) is 17.9. The summed E-state index contributed by atoms with van der Waals surface area (Å²) in [7, 11) is 4.02. The van der Waals surface area contributed by atoms with Gasteiger partial charge in [-0.1, -0.05) is 72.8 Å². The highest BCUT2D eigenvalue weighted by molar-refractivity contribution is 6.09. The van der Waals surface area contributed by atoms with Crippen LogP contribution < -0.4 is 4.90 Å². The summed E-state index contributed by atoms with van der Waals surface area (Å²) in [4.78, 5) is 53.7. The van der Waals surface area contributed by atoms with Gasteiger partial charge in [0.1, 0.15) is 0 Å². The van der Waals surface area contributed by atoms with Crippen molar-refractivity contribution in [1.29, 1.82) is 0 Å². The molecule has 0 aliphatic heterocycles. The van der Waals surface area contributed by atoms with E-state index in [-0.39, 0.29) is 11.6 Å². The van der Waals surface area contributed by atoms with Crippen molar-refractivity contribution in [2.75, 3.05) is 19.0 Å². The van der Waals surface area contributed by atoms with Crippen molar-refractivity contribution in [3.63, 3.8) is 0 Å². The highest BCUT2D eigenvalue weighted by Gasteiger charge is 2.07. The number of carbonyl (C=O) groups is 2. The molecule has 9 aromatic rings. The van der Waals surface area contributed by atoms with Crippen LogP contribution in [0.2, 0.25) is 0 Å². The van der Waals surface area contributed by atoms with Crippen LogP contribution in [0.1, 0.15) is 31.8 Å². The minimum absolute atomic E-state index is 0.0127. The van der Waals surface area contributed by atoms with Crippen LogP contribution in [0, 0.1) is 0 Å². The highest BCUT2D eigenvalue weighted by Crippen LogP contribution is 2.10. The molecule has 0 aliphatic rings. The third-order valence-corrected chi connectivity index (χ3v) is 7.90. The van der Waals surface area contributed by atoms with E-state index < -0.39 is 0 Å². The van der Waals surface area contributed by atoms with Crippen molar-refractivity contribution < 1.29 is 9.59 Å². The van der Waals surface area contributed by atoms with Crippen LogP contribution in [0.4, 0.5) is 5.69 Å². The zero-order chi connectivity index (χ0) is 39.9. The summed E-state index contributed by atoms with van der Waals surface area (Å²) in [5, 5.41) is 1.09. The first-order valence-electron chi connectivity index (χ1n) is 17.9. The topological polar surface area (TPSA) is 128 Å². The van der Waals surface area contributed by atoms with Gasteiger partial charge in [0.25, 0.3) is 0 Å². The maximum Gasteiger partial charge on any atom is 0.194 e. The minimum Gasteiger partial charge on any atom is -0.378 e. The van der Waals surface area contributed by atoms with Crippen LogP contribution in [-0.4, -0.2) is 60.5 Å². The number of benzene rings is 3. The van der Waals surface area contributed by atoms with Gasteiger partial charge >= 0.3 is 0 Å². The number of rotatable bonds is 5. The summed E-state index contributed by atoms with van der Waals surface area (Å²) in [6, 6.07) is 42.9. The molecule has 6 aromatic heterocycles. The molecule has 0 spiro atoms. The van der Waals surface area contributed by atoms with Gasteiger partial charge in [-0.3, -0.25) is 44.5 Å². The quantitative estimate of drug-likeness (QED) is 0.157. The van der Waals surface area contributed by atoms with Gasteiger partial charge in [0.2, 0.25) is 0 Å². The van der Waals surface area contributed by atoms with Crippen LogP contribution in [0.25, 0.3) is 21.9 Å². The Morgan fingerprint density at radius 1 is 0.368 bits per heavy atom. The Kier molecular flexibility index (Phi) is 15.8. The standard InChI is InChI=1S/2C12H9NO.2C8H6N2.C7H10N2/c14-12(10-5-2-1-3-6-10)11-7-4-8-13-9-11;14-12(10-4-2-1-3-5-10)11-6-8-13-9-7-11;1-2-7-6-9-5-3-8(7)10-4-1;1-2-4-8-7(3-1)9-5-6-10-8;1-9(2)7-3-5-8-6-4-7/h2*1-9H;2*1-6H;3-6H,1-2H3. The van der Waals surface area contributed by atoms with Crippen molar-refractivity contribution in [3.8, 4) is 0 Å². The van der Waals surface area contributed by atoms with Gasteiger partial charge in [-0.2, -0.15) is 0 Å². The molecule has 0 saturated carbocycles. The van der Waals surface area contributed by atoms with Crippen molar-refractivity contribution in [3.05, 3.63) is 230 Å². The van der Waals surface area contributed by atoms with Crippen molar-refractivity contribution in [1.82, 2.24) is 34.9 Å². The molecule has 10 nitrogen and oxygen atoms in total. The average molecular weight is 749 g/mol. The second kappa shape index (κ2) is 22.4. The summed E-state index contributed by atoms with van der Waals surface area (Å²) in [5.74, 6) is 0.0479. The molecule has 0 atom stereocenters. The van der Waals surface area contributed by atoms with Gasteiger partial charge in [-0.05, 0) is 66.7 Å². The Balaban J connectivity index is 0.000000138. The molecule has 10 heteroatoms. The van der Waals surface area contributed by atoms with E-state index in [4.69, 9.17) is 0 Å². The number of pyridine rings is 5. The molecule has 3 aromatic carbocycles. The number of hydrogen-bond acceptors (Lipinski definition) is 10. The lowest BCUT2D eigenvalue weighted by atomic mass is 10.1. The van der Waals surface area contributed by atoms with E-state index in [9.17, 15) is 9.59 Å². The minimum atomic E-state index is 0.0127. The second-order valence-electron chi connectivity index (χ2n) is 12.1. The number of hydrogen-bond donors (Lipinski definition) is 0. The van der Waals surface area contributed by atoms with Gasteiger partial charge < -0.3 is 4.90 Å². The van der Waals surface area contributed by atoms with E-state index in [1.54, 1.807) is 98.4 Å². The second-order valence-corrected chi connectivity index (χ2v) is 12.1. The van der Waals surface area contributed by atoms with E-state index in [1.165, 1.54) is 5.69 Å². The van der Waals surface area contributed by atoms with Gasteiger partial charge in [0.15, 0.2) is 11.6 Å². The largest absolute Gasteiger partial charge is 0.378 e. The lowest BCUT2D eigenvalue weighted by Gasteiger charge is -2.10. The Morgan fingerprint density at radius 2 is 0.825 bits per heavy atom. The third-order valence-electron chi connectivity index (χ3n) is 7.90. The van der Waals surface area contributed by atoms with Crippen LogP contribution >= 0.6 is 0 Å². The summed E-state index contributed by atoms with van der Waals surface area (Å²) in [6.45, 7) is 0. The van der Waals surface area contributed by atoms with Gasteiger partial charge in [-0.15, -0.1) is 0 Å². The van der Waals surface area contributed by atoms with Crippen LogP contribution in [0.3, 0.4) is 0 Å². The first kappa shape index (κ1) is 40.3. The van der Waals surface area contributed by atoms with Crippen LogP contribution in [0.15, 0.2) is 208 Å². The molecule has 6 heterocycles. The number of para-hydroxylation sites is 2. The summed E-state index contributed by atoms with van der Waals surface area (Å²) in [5.41, 5.74) is 6.78. The van der Waals surface area contributed by atoms with Gasteiger partial charge in [-0.25, -0.2) is 0 Å². The zero-order valence-electron chi connectivity index (χ0n) is 31.5. The number of aromatic nitrogens is 7. The molecule has 0 saturated heterocycles. The lowest BCUT2D eigenvalue weighted by molar-refractivity contribution is 0.103. The molecule has 0 amide bonds. The third kappa shape index (κ3) is 13.2. The summed E-state index contributed by atoms with van der Waals surface area (Å²) >= 11 is 0. The average Bonchev–Trinajstić information content (AvgIpc) is 3.31. The SMILES string of the molecule is CN(C)c1ccncc1.O=C(c1ccccc1)c1cccnc1.O=C(c1ccccc1)c1ccncc1.c1ccc2nccnc2c1.c1cnc2ccncc2c1. The number of fused-ring (bicyclic) bond motifs is 2. The summed E-state index contributed by atoms with van der Waals surface area (Å²) < 4.78 is 0. The van der Waals surface area contributed by atoms with E-state index in [1.807, 2.05) is 128 Å². The summed E-state index contributed by atoms with van der Waals surface area (Å²) in [6.07, 6.45) is 18.8. The predicted octanol–water partition coefficient (Wildman–Crippen LogP) is 9.03. The number of carbonyl (C=O) groups excluding carboxylic acids is 2. The molecule has 0 fully saturated rings. The Hall–Kier alpha value is -7.85. The van der Waals surface area contributed by atoms with E-state index in [0.29, 0.717) is 22.3 Å². The fourth-order valence-corrected chi connectivity index (χ4v) is 4.98. The van der Waals surface area contributed by atoms with Gasteiger partial charge in [0, 0.05) is 116 Å². The van der Waals surface area contributed by atoms with Crippen molar-refractivity contribution >= 4 is 39.2 Å². The van der Waals surface area contributed by atoms with E-state index >= 15 is 0 Å². The highest BCUT2D eigenvalue weighted by atomic mass is 16.1. The molecule has 57 heavy (non-hydrogen) atoms. The lowest BCUT2D eigenvalue weighted by Crippen LogP contribution is -2.07. The molecule has 0 bridgehead atoms. The van der Waals surface area contributed by atoms with Crippen molar-refractivity contribution in [2.24, 2.45) is 0 Å². The van der Waals surface area contributed by atoms with Crippen molar-refractivity contribution in [2.45, 2.75) is 0 Å². The maximum absolute atomic E-state index is 11.8. The monoisotopic (exact) mass is 748 g/mol. The van der Waals surface area contributed by atoms with Gasteiger partial charge in [0.05, 0.1) is 16.6 Å². The number of anilines is 1. The fraction of sp³-hybridized carbons (Fsp3) is 0.0426. The smallest absolute Gasteiger partial charge is 0.194 e. The fourth-order valence-electron chi connectivity index (χ4n) is 4.98. The normalized spacial score (nSPS) is 9.72. The van der Waals surface area contributed by atoms with Crippen LogP contribution in [-0.2, 0) is 0 Å². The molecule has 0 aliphatic carbocycles. The first-order chi connectivity index (χ1) is 28.0. The van der Waals surface area contributed by atoms with Crippen LogP contribution in [0.5, 0.6) is 0 Å². The Bertz CT molecular complexity index is 2160. The zero-order valence-corrected chi connectivity index (χ0v) is 31.5. The predicted molar refractivity (Wildman–Crippen MR) is 226 cm³/mol.